The van der Waals surface area contributed by atoms with Gasteiger partial charge in [-0.2, -0.15) is 0 Å². The molecular formula is C11H8ClN3O. The maximum absolute atomic E-state index is 10.9. The molecule has 0 bridgehead atoms. The van der Waals surface area contributed by atoms with Crippen molar-refractivity contribution in [1.82, 2.24) is 15.0 Å². The van der Waals surface area contributed by atoms with Crippen LogP contribution in [0.3, 0.4) is 0 Å². The summed E-state index contributed by atoms with van der Waals surface area (Å²) in [7, 11) is 0. The molecule has 0 aromatic carbocycles. The van der Waals surface area contributed by atoms with Crippen molar-refractivity contribution in [2.45, 2.75) is 6.92 Å². The number of rotatable bonds is 2. The molecular weight excluding hydrogens is 226 g/mol. The number of hydrogen-bond acceptors (Lipinski definition) is 4. The second-order valence-electron chi connectivity index (χ2n) is 3.23. The number of hydrogen-bond donors (Lipinski definition) is 0. The highest BCUT2D eigenvalue weighted by atomic mass is 35.5. The number of aryl methyl sites for hydroxylation is 1. The van der Waals surface area contributed by atoms with E-state index in [9.17, 15) is 4.79 Å². The number of carbonyl (C=O) groups excluding carboxylic acids is 1. The normalized spacial score (nSPS) is 10.1. The van der Waals surface area contributed by atoms with Crippen molar-refractivity contribution in [3.05, 3.63) is 41.1 Å². The molecule has 0 N–H and O–H groups in total. The van der Waals surface area contributed by atoms with Gasteiger partial charge in [0.25, 0.3) is 0 Å². The van der Waals surface area contributed by atoms with Crippen LogP contribution in [0.1, 0.15) is 16.1 Å². The van der Waals surface area contributed by atoms with Gasteiger partial charge in [-0.05, 0) is 19.1 Å². The summed E-state index contributed by atoms with van der Waals surface area (Å²) in [5.41, 5.74) is 2.48. The lowest BCUT2D eigenvalue weighted by Crippen LogP contribution is -1.96. The Morgan fingerprint density at radius 1 is 1.31 bits per heavy atom. The first-order chi connectivity index (χ1) is 7.72. The van der Waals surface area contributed by atoms with Gasteiger partial charge in [0.15, 0.2) is 6.29 Å². The van der Waals surface area contributed by atoms with E-state index in [1.807, 2.05) is 13.0 Å². The predicted octanol–water partition coefficient (Wildman–Crippen LogP) is 2.31. The average Bonchev–Trinajstić information content (AvgIpc) is 2.28. The summed E-state index contributed by atoms with van der Waals surface area (Å²) in [6, 6.07) is 3.62. The number of pyridine rings is 1. The standard InChI is InChI=1S/C11H8ClN3O/c1-7-4-8(2-3-13-7)10-9(5-16)11(12)15-6-14-10/h2-6H,1H3. The van der Waals surface area contributed by atoms with Crippen molar-refractivity contribution in [2.75, 3.05) is 0 Å². The van der Waals surface area contributed by atoms with Gasteiger partial charge in [-0.3, -0.25) is 9.78 Å². The number of aromatic nitrogens is 3. The molecule has 0 saturated carbocycles. The highest BCUT2D eigenvalue weighted by Gasteiger charge is 2.10. The van der Waals surface area contributed by atoms with E-state index in [1.54, 1.807) is 12.3 Å². The second-order valence-corrected chi connectivity index (χ2v) is 3.59. The molecule has 2 aromatic heterocycles. The van der Waals surface area contributed by atoms with Crippen LogP contribution in [0.2, 0.25) is 5.15 Å². The first-order valence-corrected chi connectivity index (χ1v) is 4.99. The van der Waals surface area contributed by atoms with Crippen LogP contribution in [0, 0.1) is 6.92 Å². The Kier molecular flexibility index (Phi) is 2.92. The number of aldehydes is 1. The van der Waals surface area contributed by atoms with Crippen LogP contribution in [-0.4, -0.2) is 21.2 Å². The van der Waals surface area contributed by atoms with Crippen LogP contribution in [0.5, 0.6) is 0 Å². The van der Waals surface area contributed by atoms with Crippen molar-refractivity contribution in [3.63, 3.8) is 0 Å². The minimum atomic E-state index is 0.162. The zero-order valence-corrected chi connectivity index (χ0v) is 9.27. The van der Waals surface area contributed by atoms with Gasteiger partial charge in [0.05, 0.1) is 11.3 Å². The van der Waals surface area contributed by atoms with Crippen LogP contribution in [0.4, 0.5) is 0 Å². The summed E-state index contributed by atoms with van der Waals surface area (Å²) in [6.45, 7) is 1.87. The summed E-state index contributed by atoms with van der Waals surface area (Å²) in [4.78, 5) is 22.8. The van der Waals surface area contributed by atoms with E-state index in [2.05, 4.69) is 15.0 Å². The lowest BCUT2D eigenvalue weighted by Gasteiger charge is -2.04. The van der Waals surface area contributed by atoms with Gasteiger partial charge in [-0.15, -0.1) is 0 Å². The molecule has 0 aliphatic carbocycles. The molecule has 5 heteroatoms. The smallest absolute Gasteiger partial charge is 0.155 e. The Morgan fingerprint density at radius 2 is 2.12 bits per heavy atom. The third-order valence-corrected chi connectivity index (χ3v) is 2.42. The van der Waals surface area contributed by atoms with Gasteiger partial charge in [-0.1, -0.05) is 11.6 Å². The molecule has 2 rings (SSSR count). The fourth-order valence-corrected chi connectivity index (χ4v) is 1.58. The summed E-state index contributed by atoms with van der Waals surface area (Å²) in [6.07, 6.45) is 3.66. The van der Waals surface area contributed by atoms with Gasteiger partial charge in [-0.25, -0.2) is 9.97 Å². The van der Waals surface area contributed by atoms with E-state index in [0.717, 1.165) is 11.3 Å². The largest absolute Gasteiger partial charge is 0.298 e. The van der Waals surface area contributed by atoms with Crippen molar-refractivity contribution < 1.29 is 4.79 Å². The van der Waals surface area contributed by atoms with E-state index < -0.39 is 0 Å². The Labute approximate surface area is 97.3 Å². The molecule has 0 fully saturated rings. The van der Waals surface area contributed by atoms with Gasteiger partial charge >= 0.3 is 0 Å². The summed E-state index contributed by atoms with van der Waals surface area (Å²) in [5.74, 6) is 0. The molecule has 2 heterocycles. The van der Waals surface area contributed by atoms with E-state index in [0.29, 0.717) is 17.5 Å². The van der Waals surface area contributed by atoms with Gasteiger partial charge in [0, 0.05) is 17.5 Å². The number of nitrogens with zero attached hydrogens (tertiary/aromatic N) is 3. The molecule has 0 unspecified atom stereocenters. The summed E-state index contributed by atoms with van der Waals surface area (Å²) >= 11 is 5.82. The molecule has 80 valence electrons. The third kappa shape index (κ3) is 1.92. The highest BCUT2D eigenvalue weighted by Crippen LogP contribution is 2.23. The monoisotopic (exact) mass is 233 g/mol. The topological polar surface area (TPSA) is 55.7 Å². The summed E-state index contributed by atoms with van der Waals surface area (Å²) < 4.78 is 0. The Bertz CT molecular complexity index is 543. The van der Waals surface area contributed by atoms with E-state index in [-0.39, 0.29) is 5.15 Å². The molecule has 0 saturated heterocycles. The van der Waals surface area contributed by atoms with E-state index >= 15 is 0 Å². The van der Waals surface area contributed by atoms with Gasteiger partial charge < -0.3 is 0 Å². The molecule has 4 nitrogen and oxygen atoms in total. The van der Waals surface area contributed by atoms with Crippen LogP contribution < -0.4 is 0 Å². The molecule has 0 amide bonds. The third-order valence-electron chi connectivity index (χ3n) is 2.12. The van der Waals surface area contributed by atoms with Gasteiger partial charge in [0.1, 0.15) is 11.5 Å². The highest BCUT2D eigenvalue weighted by molar-refractivity contribution is 6.32. The molecule has 0 spiro atoms. The van der Waals surface area contributed by atoms with E-state index in [4.69, 9.17) is 11.6 Å². The minimum Gasteiger partial charge on any atom is -0.298 e. The van der Waals surface area contributed by atoms with Crippen molar-refractivity contribution >= 4 is 17.9 Å². The van der Waals surface area contributed by atoms with Crippen molar-refractivity contribution in [1.29, 1.82) is 0 Å². The maximum Gasteiger partial charge on any atom is 0.155 e. The lowest BCUT2D eigenvalue weighted by atomic mass is 10.1. The number of halogens is 1. The second kappa shape index (κ2) is 4.37. The van der Waals surface area contributed by atoms with Crippen molar-refractivity contribution in [3.8, 4) is 11.3 Å². The molecule has 0 aliphatic rings. The van der Waals surface area contributed by atoms with Gasteiger partial charge in [0.2, 0.25) is 0 Å². The first-order valence-electron chi connectivity index (χ1n) is 4.61. The molecule has 0 atom stereocenters. The number of carbonyl (C=O) groups is 1. The zero-order chi connectivity index (χ0) is 11.5. The van der Waals surface area contributed by atoms with Crippen LogP contribution in [-0.2, 0) is 0 Å². The van der Waals surface area contributed by atoms with Crippen molar-refractivity contribution in [2.24, 2.45) is 0 Å². The predicted molar refractivity (Wildman–Crippen MR) is 60.4 cm³/mol. The molecule has 0 aliphatic heterocycles. The SMILES string of the molecule is Cc1cc(-c2ncnc(Cl)c2C=O)ccn1. The average molecular weight is 234 g/mol. The fraction of sp³-hybridized carbons (Fsp3) is 0.0909. The first kappa shape index (κ1) is 10.7. The fourth-order valence-electron chi connectivity index (χ4n) is 1.40. The van der Waals surface area contributed by atoms with Crippen LogP contribution in [0.25, 0.3) is 11.3 Å². The Balaban J connectivity index is 2.64. The quantitative estimate of drug-likeness (QED) is 0.590. The molecule has 16 heavy (non-hydrogen) atoms. The Hall–Kier alpha value is -1.81. The molecule has 0 radical (unpaired) electrons. The molecule has 2 aromatic rings. The zero-order valence-electron chi connectivity index (χ0n) is 8.51. The van der Waals surface area contributed by atoms with Crippen LogP contribution >= 0.6 is 11.6 Å². The minimum absolute atomic E-state index is 0.162. The van der Waals surface area contributed by atoms with Crippen LogP contribution in [0.15, 0.2) is 24.7 Å². The maximum atomic E-state index is 10.9. The lowest BCUT2D eigenvalue weighted by molar-refractivity contribution is 0.112. The summed E-state index contributed by atoms with van der Waals surface area (Å²) in [5, 5.41) is 0.162. The van der Waals surface area contributed by atoms with E-state index in [1.165, 1.54) is 6.33 Å². The Morgan fingerprint density at radius 3 is 2.81 bits per heavy atom.